The average Bonchev–Trinajstić information content (AvgIpc) is 2.72. The molecule has 6 heteroatoms. The number of hydrogen-bond acceptors (Lipinski definition) is 5. The fourth-order valence-electron chi connectivity index (χ4n) is 5.92. The Labute approximate surface area is 173 Å². The van der Waals surface area contributed by atoms with Gasteiger partial charge in [0, 0.05) is 23.9 Å². The summed E-state index contributed by atoms with van der Waals surface area (Å²) in [6.07, 6.45) is 1.80. The lowest BCUT2D eigenvalue weighted by atomic mass is 9.46. The van der Waals surface area contributed by atoms with Gasteiger partial charge in [0.05, 0.1) is 25.9 Å². The summed E-state index contributed by atoms with van der Waals surface area (Å²) >= 11 is 0. The van der Waals surface area contributed by atoms with Gasteiger partial charge in [-0.05, 0) is 49.0 Å². The minimum Gasteiger partial charge on any atom is -0.496 e. The van der Waals surface area contributed by atoms with Crippen LogP contribution in [-0.2, 0) is 11.3 Å². The van der Waals surface area contributed by atoms with Crippen LogP contribution in [-0.4, -0.2) is 47.2 Å². The molecule has 1 aromatic carbocycles. The van der Waals surface area contributed by atoms with Gasteiger partial charge >= 0.3 is 0 Å². The smallest absolute Gasteiger partial charge is 0.220 e. The second kappa shape index (κ2) is 8.62. The molecule has 0 spiro atoms. The quantitative estimate of drug-likeness (QED) is 0.582. The first-order chi connectivity index (χ1) is 13.8. The van der Waals surface area contributed by atoms with E-state index in [1.54, 1.807) is 7.11 Å². The van der Waals surface area contributed by atoms with E-state index >= 15 is 0 Å². The zero-order valence-corrected chi connectivity index (χ0v) is 17.7. The van der Waals surface area contributed by atoms with Crippen molar-refractivity contribution in [2.24, 2.45) is 22.7 Å². The van der Waals surface area contributed by atoms with Crippen molar-refractivity contribution in [2.75, 3.05) is 13.7 Å². The minimum atomic E-state index is -0.598. The van der Waals surface area contributed by atoms with E-state index in [4.69, 9.17) is 4.74 Å². The van der Waals surface area contributed by atoms with Crippen LogP contribution in [0, 0.1) is 22.7 Å². The Bertz CT molecular complexity index is 725. The predicted octanol–water partition coefficient (Wildman–Crippen LogP) is 2.25. The topological polar surface area (TPSA) is 99.0 Å². The van der Waals surface area contributed by atoms with Crippen molar-refractivity contribution in [3.8, 4) is 5.75 Å². The normalized spacial score (nSPS) is 36.9. The van der Waals surface area contributed by atoms with E-state index in [1.165, 1.54) is 0 Å². The van der Waals surface area contributed by atoms with Gasteiger partial charge in [-0.25, -0.2) is 0 Å². The standard InChI is InChI=1S/C23H35NO5/c1-22-11-10-20(27)23(2,14-25)19(22)9-8-17(26)16(22)12-21(28)24-13-15-6-4-5-7-18(15)29-3/h4-7,16-17,19-20,25-27H,8-14H2,1-3H3,(H,24,28)/t16-,17-,19+,20-,22+,23+/m1/s1. The van der Waals surface area contributed by atoms with E-state index in [0.717, 1.165) is 24.2 Å². The van der Waals surface area contributed by atoms with E-state index < -0.39 is 17.6 Å². The molecule has 29 heavy (non-hydrogen) atoms. The molecule has 6 nitrogen and oxygen atoms in total. The van der Waals surface area contributed by atoms with Gasteiger partial charge < -0.3 is 25.4 Å². The molecule has 2 saturated carbocycles. The largest absolute Gasteiger partial charge is 0.496 e. The van der Waals surface area contributed by atoms with Crippen LogP contribution in [0.2, 0.25) is 0 Å². The lowest BCUT2D eigenvalue weighted by molar-refractivity contribution is -0.185. The molecule has 0 aliphatic heterocycles. The number of carbonyl (C=O) groups excluding carboxylic acids is 1. The average molecular weight is 406 g/mol. The number of carbonyl (C=O) groups is 1. The first-order valence-corrected chi connectivity index (χ1v) is 10.6. The lowest BCUT2D eigenvalue weighted by Gasteiger charge is -2.60. The van der Waals surface area contributed by atoms with Crippen LogP contribution in [0.5, 0.6) is 5.75 Å². The summed E-state index contributed by atoms with van der Waals surface area (Å²) in [7, 11) is 1.61. The molecule has 0 saturated heterocycles. The number of methoxy groups -OCH3 is 1. The van der Waals surface area contributed by atoms with Crippen LogP contribution >= 0.6 is 0 Å². The molecular weight excluding hydrogens is 370 g/mol. The molecule has 3 rings (SSSR count). The molecule has 0 heterocycles. The molecule has 0 unspecified atom stereocenters. The molecule has 0 aromatic heterocycles. The minimum absolute atomic E-state index is 0.0687. The van der Waals surface area contributed by atoms with Crippen LogP contribution in [0.15, 0.2) is 24.3 Å². The molecule has 2 aliphatic carbocycles. The highest BCUT2D eigenvalue weighted by atomic mass is 16.5. The maximum absolute atomic E-state index is 12.8. The summed E-state index contributed by atoms with van der Waals surface area (Å²) in [4.78, 5) is 12.8. The number of nitrogens with one attached hydrogen (secondary N) is 1. The van der Waals surface area contributed by atoms with Crippen LogP contribution in [0.3, 0.4) is 0 Å². The third-order valence-corrected chi connectivity index (χ3v) is 7.79. The van der Waals surface area contributed by atoms with E-state index in [9.17, 15) is 20.1 Å². The van der Waals surface area contributed by atoms with Crippen molar-refractivity contribution in [3.63, 3.8) is 0 Å². The SMILES string of the molecule is COc1ccccc1CNC(=O)C[C@@H]1[C@H](O)CC[C@@H]2[C@](C)(CO)[C@H](O)CC[C@]21C. The molecular formula is C23H35NO5. The summed E-state index contributed by atoms with van der Waals surface area (Å²) in [6, 6.07) is 7.57. The summed E-state index contributed by atoms with van der Waals surface area (Å²) in [5, 5.41) is 34.4. The third-order valence-electron chi connectivity index (χ3n) is 7.79. The van der Waals surface area contributed by atoms with E-state index in [-0.39, 0.29) is 36.2 Å². The van der Waals surface area contributed by atoms with Crippen molar-refractivity contribution in [1.82, 2.24) is 5.32 Å². The molecule has 1 amide bonds. The zero-order valence-electron chi connectivity index (χ0n) is 17.7. The van der Waals surface area contributed by atoms with Crippen molar-refractivity contribution >= 4 is 5.91 Å². The number of rotatable bonds is 6. The number of ether oxygens (including phenoxy) is 1. The van der Waals surface area contributed by atoms with Gasteiger partial charge in [0.1, 0.15) is 5.75 Å². The predicted molar refractivity (Wildman–Crippen MR) is 110 cm³/mol. The molecule has 0 radical (unpaired) electrons. The van der Waals surface area contributed by atoms with Gasteiger partial charge in [0.2, 0.25) is 5.91 Å². The van der Waals surface area contributed by atoms with E-state index in [2.05, 4.69) is 12.2 Å². The Balaban J connectivity index is 1.72. The van der Waals surface area contributed by atoms with Crippen LogP contribution in [0.25, 0.3) is 0 Å². The zero-order chi connectivity index (χ0) is 21.2. The van der Waals surface area contributed by atoms with Crippen LogP contribution in [0.4, 0.5) is 0 Å². The molecule has 162 valence electrons. The van der Waals surface area contributed by atoms with Gasteiger partial charge in [-0.15, -0.1) is 0 Å². The number of hydrogen-bond donors (Lipinski definition) is 4. The number of para-hydroxylation sites is 1. The maximum Gasteiger partial charge on any atom is 0.220 e. The number of aliphatic hydroxyl groups is 3. The van der Waals surface area contributed by atoms with Gasteiger partial charge in [-0.3, -0.25) is 4.79 Å². The number of amides is 1. The summed E-state index contributed by atoms with van der Waals surface area (Å²) in [5.41, 5.74) is 0.0142. The van der Waals surface area contributed by atoms with E-state index in [0.29, 0.717) is 19.4 Å². The molecule has 6 atom stereocenters. The molecule has 4 N–H and O–H groups in total. The Hall–Kier alpha value is -1.63. The number of aliphatic hydroxyl groups excluding tert-OH is 3. The molecule has 0 bridgehead atoms. The lowest BCUT2D eigenvalue weighted by Crippen LogP contribution is -2.60. The highest BCUT2D eigenvalue weighted by molar-refractivity contribution is 5.76. The van der Waals surface area contributed by atoms with Crippen molar-refractivity contribution in [2.45, 2.75) is 64.7 Å². The summed E-state index contributed by atoms with van der Waals surface area (Å²) in [5.74, 6) is 0.507. The molecule has 2 fully saturated rings. The second-order valence-corrected chi connectivity index (χ2v) is 9.32. The second-order valence-electron chi connectivity index (χ2n) is 9.32. The number of fused-ring (bicyclic) bond motifs is 1. The van der Waals surface area contributed by atoms with Gasteiger partial charge in [-0.1, -0.05) is 32.0 Å². The Kier molecular flexibility index (Phi) is 6.56. The van der Waals surface area contributed by atoms with Crippen molar-refractivity contribution < 1.29 is 24.9 Å². The Morgan fingerprint density at radius 3 is 2.62 bits per heavy atom. The van der Waals surface area contributed by atoms with Gasteiger partial charge in [-0.2, -0.15) is 0 Å². The molecule has 1 aromatic rings. The highest BCUT2D eigenvalue weighted by Crippen LogP contribution is 2.60. The Morgan fingerprint density at radius 1 is 1.21 bits per heavy atom. The van der Waals surface area contributed by atoms with Crippen molar-refractivity contribution in [1.29, 1.82) is 0 Å². The summed E-state index contributed by atoms with van der Waals surface area (Å²) in [6.45, 7) is 4.35. The Morgan fingerprint density at radius 2 is 1.93 bits per heavy atom. The van der Waals surface area contributed by atoms with Gasteiger partial charge in [0.15, 0.2) is 0 Å². The molecule has 2 aliphatic rings. The van der Waals surface area contributed by atoms with Crippen molar-refractivity contribution in [3.05, 3.63) is 29.8 Å². The van der Waals surface area contributed by atoms with E-state index in [1.807, 2.05) is 31.2 Å². The summed E-state index contributed by atoms with van der Waals surface area (Å²) < 4.78 is 5.34. The van der Waals surface area contributed by atoms with Crippen LogP contribution < -0.4 is 10.1 Å². The first-order valence-electron chi connectivity index (χ1n) is 10.6. The first kappa shape index (κ1) is 22.1. The third kappa shape index (κ3) is 4.03. The fourth-order valence-corrected chi connectivity index (χ4v) is 5.92. The van der Waals surface area contributed by atoms with Crippen LogP contribution in [0.1, 0.15) is 51.5 Å². The highest BCUT2D eigenvalue weighted by Gasteiger charge is 2.58. The monoisotopic (exact) mass is 405 g/mol. The number of benzene rings is 1. The maximum atomic E-state index is 12.8. The fraction of sp³-hybridized carbons (Fsp3) is 0.696. The van der Waals surface area contributed by atoms with Gasteiger partial charge in [0.25, 0.3) is 0 Å².